The van der Waals surface area contributed by atoms with Crippen molar-refractivity contribution in [3.8, 4) is 0 Å². The number of hydrogen-bond donors (Lipinski definition) is 1. The Hall–Kier alpha value is -0.770. The zero-order valence-electron chi connectivity index (χ0n) is 9.17. The second-order valence-electron chi connectivity index (χ2n) is 2.90. The van der Waals surface area contributed by atoms with Crippen molar-refractivity contribution >= 4 is 24.0 Å². The zero-order chi connectivity index (χ0) is 12.0. The Balaban J connectivity index is 2.74. The minimum Gasteiger partial charge on any atom is -0.306 e. The van der Waals surface area contributed by atoms with Crippen LogP contribution in [0.3, 0.4) is 0 Å². The maximum Gasteiger partial charge on any atom is 0.353 e. The number of nitrogens with one attached hydrogen (secondary N) is 1. The summed E-state index contributed by atoms with van der Waals surface area (Å²) in [5.41, 5.74) is 0.469. The van der Waals surface area contributed by atoms with Gasteiger partial charge < -0.3 is 4.52 Å². The van der Waals surface area contributed by atoms with Crippen molar-refractivity contribution in [2.24, 2.45) is 0 Å². The van der Waals surface area contributed by atoms with Gasteiger partial charge in [0.2, 0.25) is 0 Å². The van der Waals surface area contributed by atoms with Gasteiger partial charge in [0.05, 0.1) is 6.61 Å². The molecule has 0 spiro atoms. The largest absolute Gasteiger partial charge is 0.353 e. The van der Waals surface area contributed by atoms with E-state index in [0.717, 1.165) is 11.4 Å². The molecule has 0 aliphatic heterocycles. The fourth-order valence-electron chi connectivity index (χ4n) is 1.08. The quantitative estimate of drug-likeness (QED) is 0.826. The normalized spacial score (nSPS) is 14.1. The van der Waals surface area contributed by atoms with Crippen LogP contribution < -0.4 is 5.09 Å². The standard InChI is InChI=1S/C10H14NO3PS/c1-3-14-15(13,16-2)11-10(12)9-7-5-4-6-8-9/h4-8H,3H2,1-2H3,(H,11,12,13). The van der Waals surface area contributed by atoms with Crippen LogP contribution in [0.1, 0.15) is 17.3 Å². The molecule has 0 heterocycles. The van der Waals surface area contributed by atoms with E-state index in [1.54, 1.807) is 37.4 Å². The molecule has 1 aromatic carbocycles. The second kappa shape index (κ2) is 6.09. The van der Waals surface area contributed by atoms with Crippen LogP contribution in [0.15, 0.2) is 30.3 Å². The van der Waals surface area contributed by atoms with E-state index in [4.69, 9.17) is 4.52 Å². The first-order valence-corrected chi connectivity index (χ1v) is 8.24. The Labute approximate surface area is 99.0 Å². The number of rotatable bonds is 5. The predicted molar refractivity (Wildman–Crippen MR) is 66.7 cm³/mol. The van der Waals surface area contributed by atoms with Crippen LogP contribution >= 0.6 is 18.1 Å². The highest BCUT2D eigenvalue weighted by Crippen LogP contribution is 2.54. The van der Waals surface area contributed by atoms with Gasteiger partial charge >= 0.3 is 6.72 Å². The van der Waals surface area contributed by atoms with Crippen molar-refractivity contribution in [1.82, 2.24) is 5.09 Å². The van der Waals surface area contributed by atoms with Gasteiger partial charge in [-0.3, -0.25) is 14.4 Å². The maximum atomic E-state index is 12.0. The van der Waals surface area contributed by atoms with Crippen molar-refractivity contribution in [3.05, 3.63) is 35.9 Å². The van der Waals surface area contributed by atoms with Crippen molar-refractivity contribution in [3.63, 3.8) is 0 Å². The summed E-state index contributed by atoms with van der Waals surface area (Å²) in [6.07, 6.45) is 1.64. The van der Waals surface area contributed by atoms with Crippen LogP contribution in [0, 0.1) is 0 Å². The molecule has 0 aliphatic rings. The third kappa shape index (κ3) is 3.67. The van der Waals surface area contributed by atoms with Crippen LogP contribution in [-0.4, -0.2) is 18.8 Å². The summed E-state index contributed by atoms with van der Waals surface area (Å²) in [4.78, 5) is 11.7. The van der Waals surface area contributed by atoms with Gasteiger partial charge in [0.15, 0.2) is 0 Å². The van der Waals surface area contributed by atoms with Gasteiger partial charge in [-0.25, -0.2) is 0 Å². The van der Waals surface area contributed by atoms with Crippen LogP contribution in [0.2, 0.25) is 0 Å². The van der Waals surface area contributed by atoms with Gasteiger partial charge in [0.25, 0.3) is 5.91 Å². The number of benzene rings is 1. The molecule has 0 radical (unpaired) electrons. The van der Waals surface area contributed by atoms with Crippen LogP contribution in [0.25, 0.3) is 0 Å². The van der Waals surface area contributed by atoms with E-state index in [-0.39, 0.29) is 5.91 Å². The van der Waals surface area contributed by atoms with Gasteiger partial charge in [-0.05, 0) is 25.3 Å². The van der Waals surface area contributed by atoms with Crippen molar-refractivity contribution < 1.29 is 13.9 Å². The molecule has 1 amide bonds. The summed E-state index contributed by atoms with van der Waals surface area (Å²) in [6, 6.07) is 8.63. The highest BCUT2D eigenvalue weighted by atomic mass is 32.7. The molecule has 88 valence electrons. The topological polar surface area (TPSA) is 55.4 Å². The van der Waals surface area contributed by atoms with Gasteiger partial charge in [-0.15, -0.1) is 0 Å². The summed E-state index contributed by atoms with van der Waals surface area (Å²) in [7, 11) is 0. The van der Waals surface area contributed by atoms with Crippen LogP contribution in [-0.2, 0) is 9.09 Å². The van der Waals surface area contributed by atoms with E-state index >= 15 is 0 Å². The first-order valence-electron chi connectivity index (χ1n) is 4.79. The first-order chi connectivity index (χ1) is 7.61. The lowest BCUT2D eigenvalue weighted by molar-refractivity contribution is 0.0976. The number of hydrogen-bond acceptors (Lipinski definition) is 4. The Bertz CT molecular complexity index is 396. The molecule has 1 unspecified atom stereocenters. The molecule has 1 N–H and O–H groups in total. The van der Waals surface area contributed by atoms with E-state index in [1.165, 1.54) is 0 Å². The molecule has 0 saturated carbocycles. The average Bonchev–Trinajstić information content (AvgIpc) is 2.30. The minimum absolute atomic E-state index is 0.299. The molecule has 0 aromatic heterocycles. The maximum absolute atomic E-state index is 12.0. The zero-order valence-corrected chi connectivity index (χ0v) is 10.9. The molecule has 4 nitrogen and oxygen atoms in total. The highest BCUT2D eigenvalue weighted by molar-refractivity contribution is 8.55. The third-order valence-corrected chi connectivity index (χ3v) is 5.40. The summed E-state index contributed by atoms with van der Waals surface area (Å²) >= 11 is 1.02. The fourth-order valence-corrected chi connectivity index (χ4v) is 3.21. The fraction of sp³-hybridized carbons (Fsp3) is 0.300. The van der Waals surface area contributed by atoms with Gasteiger partial charge in [0.1, 0.15) is 0 Å². The van der Waals surface area contributed by atoms with E-state index in [1.807, 2.05) is 6.07 Å². The van der Waals surface area contributed by atoms with Crippen LogP contribution in [0.4, 0.5) is 0 Å². The van der Waals surface area contributed by atoms with Gasteiger partial charge in [-0.1, -0.05) is 29.6 Å². The summed E-state index contributed by atoms with van der Waals surface area (Å²) in [5, 5.41) is 2.42. The molecule has 1 atom stereocenters. The number of carbonyl (C=O) groups is 1. The monoisotopic (exact) mass is 259 g/mol. The lowest BCUT2D eigenvalue weighted by Crippen LogP contribution is -2.20. The lowest BCUT2D eigenvalue weighted by atomic mass is 10.2. The van der Waals surface area contributed by atoms with E-state index in [9.17, 15) is 9.36 Å². The molecular weight excluding hydrogens is 245 g/mol. The van der Waals surface area contributed by atoms with Gasteiger partial charge in [0, 0.05) is 5.56 Å². The Kier molecular flexibility index (Phi) is 5.06. The van der Waals surface area contributed by atoms with Crippen molar-refractivity contribution in [2.75, 3.05) is 12.9 Å². The lowest BCUT2D eigenvalue weighted by Gasteiger charge is -2.15. The van der Waals surface area contributed by atoms with E-state index in [0.29, 0.717) is 12.2 Å². The van der Waals surface area contributed by atoms with E-state index in [2.05, 4.69) is 5.09 Å². The molecule has 16 heavy (non-hydrogen) atoms. The molecule has 1 rings (SSSR count). The summed E-state index contributed by atoms with van der Waals surface area (Å²) in [6.45, 7) is -1.07. The van der Waals surface area contributed by atoms with Crippen LogP contribution in [0.5, 0.6) is 0 Å². The Morgan fingerprint density at radius 1 is 1.44 bits per heavy atom. The van der Waals surface area contributed by atoms with E-state index < -0.39 is 6.72 Å². The molecule has 6 heteroatoms. The Morgan fingerprint density at radius 3 is 2.56 bits per heavy atom. The van der Waals surface area contributed by atoms with Gasteiger partial charge in [-0.2, -0.15) is 0 Å². The third-order valence-electron chi connectivity index (χ3n) is 1.81. The second-order valence-corrected chi connectivity index (χ2v) is 7.28. The average molecular weight is 259 g/mol. The predicted octanol–water partition coefficient (Wildman–Crippen LogP) is 2.92. The Morgan fingerprint density at radius 2 is 2.06 bits per heavy atom. The summed E-state index contributed by atoms with van der Waals surface area (Å²) in [5.74, 6) is -0.383. The molecule has 0 fully saturated rings. The molecule has 0 aliphatic carbocycles. The molecule has 1 aromatic rings. The SMILES string of the molecule is CCOP(=O)(NC(=O)c1ccccc1)SC. The summed E-state index contributed by atoms with van der Waals surface area (Å²) < 4.78 is 17.0. The molecule has 0 bridgehead atoms. The van der Waals surface area contributed by atoms with Crippen molar-refractivity contribution in [1.29, 1.82) is 0 Å². The first kappa shape index (κ1) is 13.3. The smallest absolute Gasteiger partial charge is 0.306 e. The number of carbonyl (C=O) groups excluding carboxylic acids is 1. The molecule has 0 saturated heterocycles. The molecular formula is C10H14NO3PS. The minimum atomic E-state index is -3.10. The van der Waals surface area contributed by atoms with Crippen molar-refractivity contribution in [2.45, 2.75) is 6.92 Å². The number of amides is 1. The highest BCUT2D eigenvalue weighted by Gasteiger charge is 2.24.